The molecule has 0 spiro atoms. The number of aromatic amines is 1. The fraction of sp³-hybridized carbons (Fsp3) is 0.294. The van der Waals surface area contributed by atoms with Crippen molar-refractivity contribution in [3.05, 3.63) is 47.0 Å². The van der Waals surface area contributed by atoms with Gasteiger partial charge in [-0.05, 0) is 48.6 Å². The normalized spacial score (nSPS) is 18.3. The third-order valence-corrected chi connectivity index (χ3v) is 4.29. The molecule has 3 aromatic rings. The Morgan fingerprint density at radius 2 is 2.17 bits per heavy atom. The van der Waals surface area contributed by atoms with E-state index < -0.39 is 0 Å². The quantitative estimate of drug-likeness (QED) is 0.713. The standard InChI is InChI=1S/C17H18N4O2/c18-14-7-12(11-4-5-19-16(22)9-11)8-15-13(14)10-20-21(15)17-3-1-2-6-23-17/h4-5,7-10,17H,1-3,6,18H2,(H,19,22). The molecular formula is C17H18N4O2. The van der Waals surface area contributed by atoms with Crippen LogP contribution in [0.2, 0.25) is 0 Å². The van der Waals surface area contributed by atoms with Crippen molar-refractivity contribution in [2.75, 3.05) is 12.3 Å². The van der Waals surface area contributed by atoms with Crippen molar-refractivity contribution in [3.8, 4) is 11.1 Å². The van der Waals surface area contributed by atoms with Gasteiger partial charge in [-0.15, -0.1) is 0 Å². The van der Waals surface area contributed by atoms with E-state index in [0.29, 0.717) is 5.69 Å². The molecule has 0 bridgehead atoms. The lowest BCUT2D eigenvalue weighted by Gasteiger charge is -2.23. The Kier molecular flexibility index (Phi) is 3.38. The highest BCUT2D eigenvalue weighted by Crippen LogP contribution is 2.32. The van der Waals surface area contributed by atoms with E-state index >= 15 is 0 Å². The topological polar surface area (TPSA) is 85.9 Å². The summed E-state index contributed by atoms with van der Waals surface area (Å²) >= 11 is 0. The molecule has 0 amide bonds. The van der Waals surface area contributed by atoms with Crippen molar-refractivity contribution in [2.24, 2.45) is 0 Å². The van der Waals surface area contributed by atoms with Gasteiger partial charge < -0.3 is 15.5 Å². The van der Waals surface area contributed by atoms with Gasteiger partial charge in [0.25, 0.3) is 0 Å². The van der Waals surface area contributed by atoms with Crippen LogP contribution in [0.1, 0.15) is 25.5 Å². The number of fused-ring (bicyclic) bond motifs is 1. The van der Waals surface area contributed by atoms with Gasteiger partial charge >= 0.3 is 0 Å². The van der Waals surface area contributed by atoms with E-state index in [0.717, 1.165) is 47.9 Å². The molecule has 4 rings (SSSR count). The molecule has 118 valence electrons. The van der Waals surface area contributed by atoms with Gasteiger partial charge in [0.05, 0.1) is 11.7 Å². The SMILES string of the molecule is Nc1cc(-c2cc[nH]c(=O)c2)cc2c1cnn2C1CCCCO1. The van der Waals surface area contributed by atoms with Crippen LogP contribution in [-0.2, 0) is 4.74 Å². The largest absolute Gasteiger partial charge is 0.398 e. The highest BCUT2D eigenvalue weighted by molar-refractivity contribution is 5.94. The van der Waals surface area contributed by atoms with Crippen LogP contribution in [0, 0.1) is 0 Å². The monoisotopic (exact) mass is 310 g/mol. The number of nitrogens with zero attached hydrogens (tertiary/aromatic N) is 2. The van der Waals surface area contributed by atoms with Gasteiger partial charge in [-0.3, -0.25) is 4.79 Å². The Bertz CT molecular complexity index is 906. The minimum atomic E-state index is -0.134. The Morgan fingerprint density at radius 1 is 1.26 bits per heavy atom. The number of rotatable bonds is 2. The Balaban J connectivity index is 1.86. The molecule has 0 radical (unpaired) electrons. The zero-order valence-corrected chi connectivity index (χ0v) is 12.7. The maximum Gasteiger partial charge on any atom is 0.248 e. The second-order valence-electron chi connectivity index (χ2n) is 5.85. The molecule has 0 saturated carbocycles. The number of benzene rings is 1. The number of anilines is 1. The highest BCUT2D eigenvalue weighted by atomic mass is 16.5. The fourth-order valence-corrected chi connectivity index (χ4v) is 3.11. The third-order valence-electron chi connectivity index (χ3n) is 4.29. The second-order valence-corrected chi connectivity index (χ2v) is 5.85. The van der Waals surface area contributed by atoms with Crippen molar-refractivity contribution in [3.63, 3.8) is 0 Å². The van der Waals surface area contributed by atoms with Crippen LogP contribution in [0.25, 0.3) is 22.0 Å². The van der Waals surface area contributed by atoms with Crippen molar-refractivity contribution in [2.45, 2.75) is 25.5 Å². The van der Waals surface area contributed by atoms with Gasteiger partial charge in [-0.1, -0.05) is 0 Å². The van der Waals surface area contributed by atoms with Gasteiger partial charge in [0.2, 0.25) is 5.56 Å². The molecule has 1 fully saturated rings. The summed E-state index contributed by atoms with van der Waals surface area (Å²) < 4.78 is 7.74. The molecule has 1 atom stereocenters. The molecule has 6 heteroatoms. The first-order chi connectivity index (χ1) is 11.2. The molecule has 1 saturated heterocycles. The third kappa shape index (κ3) is 2.51. The first-order valence-electron chi connectivity index (χ1n) is 7.80. The average molecular weight is 310 g/mol. The van der Waals surface area contributed by atoms with Crippen molar-refractivity contribution >= 4 is 16.6 Å². The summed E-state index contributed by atoms with van der Waals surface area (Å²) in [6.07, 6.45) is 6.55. The number of hydrogen-bond acceptors (Lipinski definition) is 4. The minimum Gasteiger partial charge on any atom is -0.398 e. The van der Waals surface area contributed by atoms with Crippen LogP contribution in [0.15, 0.2) is 41.5 Å². The van der Waals surface area contributed by atoms with Gasteiger partial charge in [-0.2, -0.15) is 5.10 Å². The Morgan fingerprint density at radius 3 is 2.96 bits per heavy atom. The lowest BCUT2D eigenvalue weighted by atomic mass is 10.0. The van der Waals surface area contributed by atoms with E-state index in [-0.39, 0.29) is 11.8 Å². The fourth-order valence-electron chi connectivity index (χ4n) is 3.11. The molecule has 3 heterocycles. The highest BCUT2D eigenvalue weighted by Gasteiger charge is 2.19. The zero-order valence-electron chi connectivity index (χ0n) is 12.7. The van der Waals surface area contributed by atoms with Crippen molar-refractivity contribution < 1.29 is 4.74 Å². The molecule has 3 N–H and O–H groups in total. The number of nitrogens with one attached hydrogen (secondary N) is 1. The van der Waals surface area contributed by atoms with Gasteiger partial charge in [0.1, 0.15) is 0 Å². The van der Waals surface area contributed by atoms with Crippen molar-refractivity contribution in [1.82, 2.24) is 14.8 Å². The van der Waals surface area contributed by atoms with E-state index in [1.165, 1.54) is 0 Å². The molecule has 6 nitrogen and oxygen atoms in total. The van der Waals surface area contributed by atoms with Crippen LogP contribution in [-0.4, -0.2) is 21.4 Å². The first-order valence-corrected chi connectivity index (χ1v) is 7.80. The van der Waals surface area contributed by atoms with Gasteiger partial charge in [0, 0.05) is 29.9 Å². The maximum absolute atomic E-state index is 11.6. The molecule has 1 aliphatic heterocycles. The number of ether oxygens (including phenoxy) is 1. The van der Waals surface area contributed by atoms with Crippen LogP contribution in [0.3, 0.4) is 0 Å². The summed E-state index contributed by atoms with van der Waals surface area (Å²) in [5.74, 6) is 0. The molecule has 2 aromatic heterocycles. The second kappa shape index (κ2) is 5.55. The number of aromatic nitrogens is 3. The van der Waals surface area contributed by atoms with Crippen molar-refractivity contribution in [1.29, 1.82) is 0 Å². The van der Waals surface area contributed by atoms with Gasteiger partial charge in [-0.25, -0.2) is 4.68 Å². The first kappa shape index (κ1) is 14.0. The molecule has 0 aliphatic carbocycles. The number of nitrogens with two attached hydrogens (primary N) is 1. The van der Waals surface area contributed by atoms with E-state index in [1.54, 1.807) is 18.5 Å². The smallest absolute Gasteiger partial charge is 0.248 e. The minimum absolute atomic E-state index is 0.0462. The summed E-state index contributed by atoms with van der Waals surface area (Å²) in [5.41, 5.74) is 9.39. The summed E-state index contributed by atoms with van der Waals surface area (Å²) in [5, 5.41) is 5.39. The molecule has 1 aromatic carbocycles. The van der Waals surface area contributed by atoms with E-state index in [2.05, 4.69) is 10.1 Å². The van der Waals surface area contributed by atoms with Crippen LogP contribution in [0.5, 0.6) is 0 Å². The number of nitrogen functional groups attached to an aromatic ring is 1. The van der Waals surface area contributed by atoms with E-state index in [1.807, 2.05) is 22.9 Å². The Hall–Kier alpha value is -2.60. The molecule has 1 unspecified atom stereocenters. The zero-order chi connectivity index (χ0) is 15.8. The predicted molar refractivity (Wildman–Crippen MR) is 89.0 cm³/mol. The molecule has 1 aliphatic rings. The van der Waals surface area contributed by atoms with Crippen LogP contribution in [0.4, 0.5) is 5.69 Å². The number of hydrogen-bond donors (Lipinski definition) is 2. The number of H-pyrrole nitrogens is 1. The van der Waals surface area contributed by atoms with Gasteiger partial charge in [0.15, 0.2) is 6.23 Å². The predicted octanol–water partition coefficient (Wildman–Crippen LogP) is 2.67. The van der Waals surface area contributed by atoms with E-state index in [4.69, 9.17) is 10.5 Å². The van der Waals surface area contributed by atoms with Crippen LogP contribution >= 0.6 is 0 Å². The summed E-state index contributed by atoms with van der Waals surface area (Å²) in [7, 11) is 0. The average Bonchev–Trinajstić information content (AvgIpc) is 3.00. The van der Waals surface area contributed by atoms with Crippen LogP contribution < -0.4 is 11.3 Å². The molecule has 23 heavy (non-hydrogen) atoms. The maximum atomic E-state index is 11.6. The van der Waals surface area contributed by atoms with E-state index in [9.17, 15) is 4.79 Å². The lowest BCUT2D eigenvalue weighted by molar-refractivity contribution is -0.0366. The summed E-state index contributed by atoms with van der Waals surface area (Å²) in [6, 6.07) is 7.33. The molecular weight excluding hydrogens is 292 g/mol. The summed E-state index contributed by atoms with van der Waals surface area (Å²) in [4.78, 5) is 14.2. The lowest BCUT2D eigenvalue weighted by Crippen LogP contribution is -2.19. The Labute approximate surface area is 132 Å². The summed E-state index contributed by atoms with van der Waals surface area (Å²) in [6.45, 7) is 0.759. The number of pyridine rings is 1.